The zero-order valence-corrected chi connectivity index (χ0v) is 12.5. The molecule has 2 aliphatic heterocycles. The summed E-state index contributed by atoms with van der Waals surface area (Å²) < 4.78 is 17.2. The first-order valence-electron chi connectivity index (χ1n) is 7.64. The van der Waals surface area contributed by atoms with Crippen LogP contribution in [0.5, 0.6) is 0 Å². The molecule has 1 aromatic rings. The van der Waals surface area contributed by atoms with Crippen LogP contribution < -0.4 is 5.73 Å². The minimum absolute atomic E-state index is 0.00543. The lowest BCUT2D eigenvalue weighted by Gasteiger charge is -2.44. The van der Waals surface area contributed by atoms with Gasteiger partial charge in [-0.15, -0.1) is 0 Å². The quantitative estimate of drug-likeness (QED) is 0.904. The molecule has 4 heteroatoms. The lowest BCUT2D eigenvalue weighted by atomic mass is 9.76. The monoisotopic (exact) mass is 279 g/mol. The van der Waals surface area contributed by atoms with Crippen LogP contribution >= 0.6 is 0 Å². The summed E-state index contributed by atoms with van der Waals surface area (Å²) in [6.45, 7) is 6.42. The molecule has 4 nitrogen and oxygen atoms in total. The van der Waals surface area contributed by atoms with Gasteiger partial charge in [-0.05, 0) is 51.5 Å². The molecule has 0 bridgehead atoms. The average molecular weight is 279 g/mol. The van der Waals surface area contributed by atoms with Gasteiger partial charge < -0.3 is 19.6 Å². The Morgan fingerprint density at radius 3 is 2.65 bits per heavy atom. The highest BCUT2D eigenvalue weighted by Crippen LogP contribution is 2.41. The summed E-state index contributed by atoms with van der Waals surface area (Å²) in [5.74, 6) is 2.38. The van der Waals surface area contributed by atoms with Crippen molar-refractivity contribution in [3.8, 4) is 0 Å². The maximum atomic E-state index is 6.53. The molecule has 0 radical (unpaired) electrons. The van der Waals surface area contributed by atoms with Crippen molar-refractivity contribution in [1.82, 2.24) is 0 Å². The molecule has 2 N–H and O–H groups in total. The number of hydrogen-bond donors (Lipinski definition) is 1. The molecule has 2 unspecified atom stereocenters. The van der Waals surface area contributed by atoms with Crippen LogP contribution in [0.4, 0.5) is 0 Å². The van der Waals surface area contributed by atoms with Gasteiger partial charge in [0.2, 0.25) is 0 Å². The van der Waals surface area contributed by atoms with E-state index in [0.717, 1.165) is 62.6 Å². The van der Waals surface area contributed by atoms with Gasteiger partial charge in [-0.1, -0.05) is 0 Å². The lowest BCUT2D eigenvalue weighted by molar-refractivity contribution is -0.149. The highest BCUT2D eigenvalue weighted by atomic mass is 16.5. The van der Waals surface area contributed by atoms with Gasteiger partial charge in [0.15, 0.2) is 0 Å². The maximum absolute atomic E-state index is 6.53. The number of aryl methyl sites for hydroxylation is 2. The summed E-state index contributed by atoms with van der Waals surface area (Å²) in [7, 11) is 0. The Labute approximate surface area is 120 Å². The van der Waals surface area contributed by atoms with Crippen molar-refractivity contribution in [2.24, 2.45) is 11.7 Å². The van der Waals surface area contributed by atoms with Crippen LogP contribution in [0.1, 0.15) is 48.8 Å². The smallest absolute Gasteiger partial charge is 0.105 e. The van der Waals surface area contributed by atoms with Crippen molar-refractivity contribution in [3.05, 3.63) is 23.2 Å². The molecule has 0 saturated carbocycles. The van der Waals surface area contributed by atoms with Crippen LogP contribution in [-0.4, -0.2) is 25.4 Å². The van der Waals surface area contributed by atoms with E-state index in [4.69, 9.17) is 19.6 Å². The Bertz CT molecular complexity index is 457. The highest BCUT2D eigenvalue weighted by molar-refractivity contribution is 5.24. The van der Waals surface area contributed by atoms with Gasteiger partial charge in [-0.2, -0.15) is 0 Å². The predicted molar refractivity (Wildman–Crippen MR) is 76.6 cm³/mol. The normalized spacial score (nSPS) is 27.6. The second-order valence-electron chi connectivity index (χ2n) is 6.29. The first-order chi connectivity index (χ1) is 9.60. The number of ether oxygens (including phenoxy) is 2. The summed E-state index contributed by atoms with van der Waals surface area (Å²) in [5, 5.41) is 0. The minimum atomic E-state index is 0.00543. The van der Waals surface area contributed by atoms with Gasteiger partial charge in [0.25, 0.3) is 0 Å². The van der Waals surface area contributed by atoms with Crippen LogP contribution in [0.2, 0.25) is 0 Å². The zero-order chi connectivity index (χ0) is 14.2. The summed E-state index contributed by atoms with van der Waals surface area (Å²) in [5.41, 5.74) is 7.70. The Balaban J connectivity index is 1.74. The molecule has 2 atom stereocenters. The Morgan fingerprint density at radius 1 is 1.25 bits per heavy atom. The fourth-order valence-electron chi connectivity index (χ4n) is 3.70. The van der Waals surface area contributed by atoms with Crippen LogP contribution in [0.3, 0.4) is 0 Å². The molecule has 0 aromatic carbocycles. The molecule has 3 rings (SSSR count). The molecule has 3 heterocycles. The number of nitrogens with two attached hydrogens (primary N) is 1. The molecule has 1 aromatic heterocycles. The van der Waals surface area contributed by atoms with E-state index >= 15 is 0 Å². The fraction of sp³-hybridized carbons (Fsp3) is 0.750. The Kier molecular flexibility index (Phi) is 3.89. The van der Waals surface area contributed by atoms with Gasteiger partial charge in [0, 0.05) is 31.4 Å². The van der Waals surface area contributed by atoms with Gasteiger partial charge in [0.1, 0.15) is 11.5 Å². The fourth-order valence-corrected chi connectivity index (χ4v) is 3.70. The second-order valence-corrected chi connectivity index (χ2v) is 6.29. The van der Waals surface area contributed by atoms with Gasteiger partial charge in [0.05, 0.1) is 5.60 Å². The number of rotatable bonds is 2. The molecule has 2 aliphatic rings. The molecule has 2 saturated heterocycles. The molecule has 2 fully saturated rings. The van der Waals surface area contributed by atoms with Crippen molar-refractivity contribution >= 4 is 0 Å². The van der Waals surface area contributed by atoms with Crippen LogP contribution in [0.15, 0.2) is 10.5 Å². The van der Waals surface area contributed by atoms with Crippen molar-refractivity contribution in [2.75, 3.05) is 19.8 Å². The molecule has 1 spiro atoms. The molecule has 0 amide bonds. The van der Waals surface area contributed by atoms with E-state index in [2.05, 4.69) is 6.07 Å². The van der Waals surface area contributed by atoms with Crippen molar-refractivity contribution in [3.63, 3.8) is 0 Å². The predicted octanol–water partition coefficient (Wildman–Crippen LogP) is 2.87. The summed E-state index contributed by atoms with van der Waals surface area (Å²) in [4.78, 5) is 0. The van der Waals surface area contributed by atoms with E-state index in [1.54, 1.807) is 0 Å². The minimum Gasteiger partial charge on any atom is -0.466 e. The molecular weight excluding hydrogens is 254 g/mol. The molecule has 112 valence electrons. The van der Waals surface area contributed by atoms with Crippen molar-refractivity contribution < 1.29 is 13.9 Å². The van der Waals surface area contributed by atoms with E-state index in [1.807, 2.05) is 13.8 Å². The van der Waals surface area contributed by atoms with Crippen LogP contribution in [0, 0.1) is 19.8 Å². The van der Waals surface area contributed by atoms with E-state index < -0.39 is 0 Å². The third-order valence-corrected chi connectivity index (χ3v) is 4.88. The van der Waals surface area contributed by atoms with E-state index in [0.29, 0.717) is 5.92 Å². The number of hydrogen-bond acceptors (Lipinski definition) is 4. The number of furan rings is 1. The van der Waals surface area contributed by atoms with Gasteiger partial charge in [-0.25, -0.2) is 0 Å². The third-order valence-electron chi connectivity index (χ3n) is 4.88. The van der Waals surface area contributed by atoms with Crippen LogP contribution in [-0.2, 0) is 9.47 Å². The van der Waals surface area contributed by atoms with E-state index in [9.17, 15) is 0 Å². The van der Waals surface area contributed by atoms with Gasteiger partial charge in [-0.3, -0.25) is 0 Å². The second kappa shape index (κ2) is 5.51. The first kappa shape index (κ1) is 14.1. The molecule has 20 heavy (non-hydrogen) atoms. The standard InChI is InChI=1S/C16H25NO3/c1-11-9-14(12(2)20-11)15(17)13-3-6-19-16(10-13)4-7-18-8-5-16/h9,13,15H,3-8,10,17H2,1-2H3. The SMILES string of the molecule is Cc1cc(C(N)C2CCOC3(CCOCC3)C2)c(C)o1. The zero-order valence-electron chi connectivity index (χ0n) is 12.5. The van der Waals surface area contributed by atoms with E-state index in [1.165, 1.54) is 0 Å². The third kappa shape index (κ3) is 2.65. The summed E-state index contributed by atoms with van der Waals surface area (Å²) in [6, 6.07) is 2.14. The lowest BCUT2D eigenvalue weighted by Crippen LogP contribution is -2.46. The molecular formula is C16H25NO3. The van der Waals surface area contributed by atoms with Gasteiger partial charge >= 0.3 is 0 Å². The summed E-state index contributed by atoms with van der Waals surface area (Å²) >= 11 is 0. The average Bonchev–Trinajstić information content (AvgIpc) is 2.78. The Hall–Kier alpha value is -0.840. The highest BCUT2D eigenvalue weighted by Gasteiger charge is 2.41. The van der Waals surface area contributed by atoms with Crippen molar-refractivity contribution in [1.29, 1.82) is 0 Å². The van der Waals surface area contributed by atoms with Crippen molar-refractivity contribution in [2.45, 2.75) is 51.2 Å². The maximum Gasteiger partial charge on any atom is 0.105 e. The first-order valence-corrected chi connectivity index (χ1v) is 7.64. The molecule has 0 aliphatic carbocycles. The van der Waals surface area contributed by atoms with Crippen LogP contribution in [0.25, 0.3) is 0 Å². The van der Waals surface area contributed by atoms with E-state index in [-0.39, 0.29) is 11.6 Å². The topological polar surface area (TPSA) is 57.6 Å². The summed E-state index contributed by atoms with van der Waals surface area (Å²) in [6.07, 6.45) is 4.08. The largest absolute Gasteiger partial charge is 0.466 e. The Morgan fingerprint density at radius 2 is 2.00 bits per heavy atom.